The molecule has 0 aromatic carbocycles. The van der Waals surface area contributed by atoms with Gasteiger partial charge in [0.2, 0.25) is 0 Å². The fraction of sp³-hybridized carbons (Fsp3) is 0.571. The van der Waals surface area contributed by atoms with Crippen LogP contribution in [0.25, 0.3) is 0 Å². The van der Waals surface area contributed by atoms with E-state index in [-0.39, 0.29) is 34.4 Å². The maximum Gasteiger partial charge on any atom is 0.433 e. The molecule has 11 heteroatoms. The lowest BCUT2D eigenvalue weighted by molar-refractivity contribution is -0.141. The molecule has 1 N–H and O–H groups in total. The van der Waals surface area contributed by atoms with Gasteiger partial charge in [-0.15, -0.1) is 0 Å². The van der Waals surface area contributed by atoms with Crippen molar-refractivity contribution in [2.24, 2.45) is 0 Å². The molecule has 0 atom stereocenters. The van der Waals surface area contributed by atoms with Gasteiger partial charge in [0.05, 0.1) is 12.4 Å². The number of anilines is 1. The van der Waals surface area contributed by atoms with Crippen LogP contribution in [0, 0.1) is 0 Å². The summed E-state index contributed by atoms with van der Waals surface area (Å²) in [5.74, 6) is 0.637. The van der Waals surface area contributed by atoms with E-state index in [1.54, 1.807) is 13.1 Å². The Bertz CT molecular complexity index is 901. The van der Waals surface area contributed by atoms with E-state index in [4.69, 9.17) is 9.15 Å². The monoisotopic (exact) mass is 472 g/mol. The molecule has 1 aliphatic rings. The average Bonchev–Trinajstić information content (AvgIpc) is 3.26. The van der Waals surface area contributed by atoms with Crippen molar-refractivity contribution in [1.82, 2.24) is 15.3 Å². The molecule has 1 saturated carbocycles. The standard InChI is InChI=1S/C21H27F3N4O3S/c1-28(14-6-4-3-5-7-14)18-12-17(21(22,23)24)26-20(27-18)32-13-15-8-9-16(31-15)19(29)25-10-11-30-2/h8-9,12,14H,3-7,10-11,13H2,1-2H3,(H,25,29). The van der Waals surface area contributed by atoms with Crippen LogP contribution in [0.3, 0.4) is 0 Å². The number of ether oxygens (including phenoxy) is 1. The molecular weight excluding hydrogens is 445 g/mol. The van der Waals surface area contributed by atoms with E-state index in [9.17, 15) is 18.0 Å². The zero-order chi connectivity index (χ0) is 23.1. The first-order chi connectivity index (χ1) is 15.3. The molecule has 0 spiro atoms. The SMILES string of the molecule is COCCNC(=O)c1ccc(CSc2nc(N(C)C3CCCCC3)cc(C(F)(F)F)n2)o1. The highest BCUT2D eigenvalue weighted by molar-refractivity contribution is 7.98. The number of halogens is 3. The summed E-state index contributed by atoms with van der Waals surface area (Å²) in [5, 5.41) is 2.66. The van der Waals surface area contributed by atoms with Crippen LogP contribution in [0.1, 0.15) is 54.1 Å². The number of methoxy groups -OCH3 is 1. The lowest BCUT2D eigenvalue weighted by Crippen LogP contribution is -2.34. The van der Waals surface area contributed by atoms with E-state index in [0.717, 1.165) is 49.9 Å². The van der Waals surface area contributed by atoms with Crippen LogP contribution in [0.5, 0.6) is 0 Å². The van der Waals surface area contributed by atoms with E-state index < -0.39 is 11.9 Å². The molecule has 2 aromatic rings. The van der Waals surface area contributed by atoms with Crippen molar-refractivity contribution in [1.29, 1.82) is 0 Å². The number of nitrogens with one attached hydrogen (secondary N) is 1. The van der Waals surface area contributed by atoms with Gasteiger partial charge in [-0.25, -0.2) is 9.97 Å². The van der Waals surface area contributed by atoms with Gasteiger partial charge in [0, 0.05) is 32.8 Å². The third kappa shape index (κ3) is 6.61. The summed E-state index contributed by atoms with van der Waals surface area (Å²) in [6, 6.07) is 4.31. The maximum atomic E-state index is 13.4. The summed E-state index contributed by atoms with van der Waals surface area (Å²) in [5.41, 5.74) is -0.967. The van der Waals surface area contributed by atoms with Crippen LogP contribution < -0.4 is 10.2 Å². The predicted octanol–water partition coefficient (Wildman–Crippen LogP) is 4.53. The Morgan fingerprint density at radius 1 is 1.28 bits per heavy atom. The van der Waals surface area contributed by atoms with Gasteiger partial charge in [0.15, 0.2) is 16.6 Å². The first kappa shape index (κ1) is 24.4. The number of carbonyl (C=O) groups is 1. The highest BCUT2D eigenvalue weighted by Crippen LogP contribution is 2.33. The third-order valence-electron chi connectivity index (χ3n) is 5.29. The molecule has 0 bridgehead atoms. The molecule has 0 saturated heterocycles. The molecule has 1 aliphatic carbocycles. The van der Waals surface area contributed by atoms with Crippen LogP contribution in [0.15, 0.2) is 27.8 Å². The minimum absolute atomic E-state index is 0.0139. The average molecular weight is 473 g/mol. The zero-order valence-corrected chi connectivity index (χ0v) is 18.9. The number of amides is 1. The molecule has 32 heavy (non-hydrogen) atoms. The Labute approximate surface area is 189 Å². The number of nitrogens with zero attached hydrogens (tertiary/aromatic N) is 3. The largest absolute Gasteiger partial charge is 0.455 e. The Morgan fingerprint density at radius 2 is 2.03 bits per heavy atom. The topological polar surface area (TPSA) is 80.5 Å². The lowest BCUT2D eigenvalue weighted by Gasteiger charge is -2.32. The highest BCUT2D eigenvalue weighted by atomic mass is 32.2. The van der Waals surface area contributed by atoms with Gasteiger partial charge < -0.3 is 19.4 Å². The molecule has 0 unspecified atom stereocenters. The minimum Gasteiger partial charge on any atom is -0.455 e. The molecular formula is C21H27F3N4O3S. The Hall–Kier alpha value is -2.27. The van der Waals surface area contributed by atoms with Gasteiger partial charge in [0.1, 0.15) is 11.6 Å². The van der Waals surface area contributed by atoms with E-state index in [2.05, 4.69) is 15.3 Å². The van der Waals surface area contributed by atoms with E-state index in [0.29, 0.717) is 18.9 Å². The first-order valence-electron chi connectivity index (χ1n) is 10.5. The van der Waals surface area contributed by atoms with Gasteiger partial charge in [0.25, 0.3) is 5.91 Å². The molecule has 0 radical (unpaired) electrons. The number of aromatic nitrogens is 2. The summed E-state index contributed by atoms with van der Waals surface area (Å²) in [7, 11) is 3.32. The van der Waals surface area contributed by atoms with Crippen molar-refractivity contribution in [3.63, 3.8) is 0 Å². The fourth-order valence-electron chi connectivity index (χ4n) is 3.53. The third-order valence-corrected chi connectivity index (χ3v) is 6.16. The van der Waals surface area contributed by atoms with Crippen LogP contribution in [0.4, 0.5) is 19.0 Å². The second kappa shape index (κ2) is 11.0. The maximum absolute atomic E-state index is 13.4. The van der Waals surface area contributed by atoms with Gasteiger partial charge in [-0.1, -0.05) is 31.0 Å². The molecule has 7 nitrogen and oxygen atoms in total. The Morgan fingerprint density at radius 3 is 2.72 bits per heavy atom. The number of alkyl halides is 3. The van der Waals surface area contributed by atoms with Crippen LogP contribution >= 0.6 is 11.8 Å². The van der Waals surface area contributed by atoms with Crippen molar-refractivity contribution >= 4 is 23.5 Å². The van der Waals surface area contributed by atoms with E-state index in [1.807, 2.05) is 4.90 Å². The molecule has 1 amide bonds. The normalized spacial score (nSPS) is 15.0. The number of thioether (sulfide) groups is 1. The van der Waals surface area contributed by atoms with Gasteiger partial charge >= 0.3 is 6.18 Å². The smallest absolute Gasteiger partial charge is 0.433 e. The molecule has 1 fully saturated rings. The van der Waals surface area contributed by atoms with Crippen LogP contribution in [-0.4, -0.2) is 49.2 Å². The molecule has 2 aromatic heterocycles. The highest BCUT2D eigenvalue weighted by Gasteiger charge is 2.34. The number of carbonyl (C=O) groups excluding carboxylic acids is 1. The van der Waals surface area contributed by atoms with Crippen molar-refractivity contribution < 1.29 is 27.1 Å². The quantitative estimate of drug-likeness (QED) is 0.326. The molecule has 0 aliphatic heterocycles. The van der Waals surface area contributed by atoms with Gasteiger partial charge in [-0.05, 0) is 25.0 Å². The summed E-state index contributed by atoms with van der Waals surface area (Å²) < 4.78 is 50.7. The summed E-state index contributed by atoms with van der Waals surface area (Å²) >= 11 is 1.03. The second-order valence-corrected chi connectivity index (χ2v) is 8.54. The van der Waals surface area contributed by atoms with Gasteiger partial charge in [-0.2, -0.15) is 13.2 Å². The number of furan rings is 1. The van der Waals surface area contributed by atoms with Crippen molar-refractivity contribution in [3.05, 3.63) is 35.4 Å². The van der Waals surface area contributed by atoms with E-state index in [1.165, 1.54) is 13.2 Å². The molecule has 176 valence electrons. The van der Waals surface area contributed by atoms with Gasteiger partial charge in [-0.3, -0.25) is 4.79 Å². The summed E-state index contributed by atoms with van der Waals surface area (Å²) in [4.78, 5) is 21.9. The van der Waals surface area contributed by atoms with Crippen molar-refractivity contribution in [2.45, 2.75) is 55.2 Å². The fourth-order valence-corrected chi connectivity index (χ4v) is 4.27. The van der Waals surface area contributed by atoms with Crippen molar-refractivity contribution in [2.75, 3.05) is 32.2 Å². The van der Waals surface area contributed by atoms with Crippen LogP contribution in [0.2, 0.25) is 0 Å². The Kier molecular flexibility index (Phi) is 8.41. The minimum atomic E-state index is -4.57. The van der Waals surface area contributed by atoms with Crippen molar-refractivity contribution in [3.8, 4) is 0 Å². The van der Waals surface area contributed by atoms with Crippen LogP contribution in [-0.2, 0) is 16.7 Å². The number of rotatable bonds is 9. The summed E-state index contributed by atoms with van der Waals surface area (Å²) in [6.45, 7) is 0.717. The predicted molar refractivity (Wildman–Crippen MR) is 115 cm³/mol. The zero-order valence-electron chi connectivity index (χ0n) is 18.1. The number of hydrogen-bond donors (Lipinski definition) is 1. The second-order valence-electron chi connectivity index (χ2n) is 7.60. The van der Waals surface area contributed by atoms with E-state index >= 15 is 0 Å². The summed E-state index contributed by atoms with van der Waals surface area (Å²) in [6.07, 6.45) is 0.580. The molecule has 3 rings (SSSR count). The first-order valence-corrected chi connectivity index (χ1v) is 11.4. The number of hydrogen-bond acceptors (Lipinski definition) is 7. The lowest BCUT2D eigenvalue weighted by atomic mass is 9.94. The molecule has 2 heterocycles. The Balaban J connectivity index is 1.71.